The number of phosphoric ester groups is 1. The van der Waals surface area contributed by atoms with Gasteiger partial charge in [-0.3, -0.25) is 14.2 Å². The molecule has 0 aromatic carbocycles. The summed E-state index contributed by atoms with van der Waals surface area (Å²) in [6.07, 6.45) is 43.1. The number of aliphatic hydroxyl groups is 1. The molecule has 0 spiro atoms. The van der Waals surface area contributed by atoms with Crippen molar-refractivity contribution in [2.75, 3.05) is 47.5 Å². The highest BCUT2D eigenvalue weighted by molar-refractivity contribution is 7.45. The van der Waals surface area contributed by atoms with Gasteiger partial charge >= 0.3 is 11.9 Å². The molecule has 0 radical (unpaired) electrons. The molecule has 57 heavy (non-hydrogen) atoms. The SMILES string of the molecule is CCCCCC/C=C\CCCCCCCCCC(=O)OC[C@H](COP(=O)([O-])OCC[N+](C)(C)C)OC(=O)CCC/C=C\C/C=C\C/C=C\C/C=C\C=C\[C@H](O)CC. The standard InChI is InChI=1S/C46H80NO9P/c1-6-8-9-10-11-12-13-14-15-19-22-25-28-31-34-37-45(49)53-41-44(42-55-57(51,52)54-40-39-47(3,4)5)56-46(50)38-35-32-29-26-23-20-17-16-18-21-24-27-30-33-36-43(48)7-2/h12-13,17-18,20-21,26-27,29-30,33,36,43-44,48H,6-11,14-16,19,22-25,28,31-32,34-35,37-42H2,1-5H3/b13-12-,20-17-,21-18-,29-26-,30-27-,36-33+/t43-,44-/m1/s1. The van der Waals surface area contributed by atoms with Crippen LogP contribution in [0.5, 0.6) is 0 Å². The second-order valence-electron chi connectivity index (χ2n) is 15.5. The molecule has 0 rings (SSSR count). The van der Waals surface area contributed by atoms with E-state index in [0.29, 0.717) is 36.7 Å². The van der Waals surface area contributed by atoms with E-state index in [2.05, 4.69) is 43.4 Å². The number of carbonyl (C=O) groups excluding carboxylic acids is 2. The molecule has 0 aromatic heterocycles. The molecule has 0 aliphatic heterocycles. The van der Waals surface area contributed by atoms with Gasteiger partial charge in [-0.05, 0) is 70.6 Å². The summed E-state index contributed by atoms with van der Waals surface area (Å²) < 4.78 is 33.8. The van der Waals surface area contributed by atoms with Crippen LogP contribution in [0.3, 0.4) is 0 Å². The smallest absolute Gasteiger partial charge is 0.306 e. The Labute approximate surface area is 347 Å². The Morgan fingerprint density at radius 2 is 1.18 bits per heavy atom. The monoisotopic (exact) mass is 822 g/mol. The van der Waals surface area contributed by atoms with Crippen LogP contribution in [0.4, 0.5) is 0 Å². The van der Waals surface area contributed by atoms with E-state index in [1.54, 1.807) is 6.08 Å². The van der Waals surface area contributed by atoms with Crippen LogP contribution in [0, 0.1) is 0 Å². The summed E-state index contributed by atoms with van der Waals surface area (Å²) in [6, 6.07) is 0. The largest absolute Gasteiger partial charge is 0.756 e. The number of likely N-dealkylation sites (N-methyl/N-ethyl adjacent to an activating group) is 1. The van der Waals surface area contributed by atoms with Crippen LogP contribution in [-0.2, 0) is 32.7 Å². The lowest BCUT2D eigenvalue weighted by Gasteiger charge is -2.28. The molecule has 0 bridgehead atoms. The maximum atomic E-state index is 12.6. The third-order valence-electron chi connectivity index (χ3n) is 8.87. The fourth-order valence-corrected chi connectivity index (χ4v) is 6.01. The predicted octanol–water partition coefficient (Wildman–Crippen LogP) is 10.6. The zero-order chi connectivity index (χ0) is 42.3. The van der Waals surface area contributed by atoms with Gasteiger partial charge in [0.25, 0.3) is 7.82 Å². The summed E-state index contributed by atoms with van der Waals surface area (Å²) >= 11 is 0. The number of hydrogen-bond donors (Lipinski definition) is 1. The van der Waals surface area contributed by atoms with E-state index in [4.69, 9.17) is 18.5 Å². The molecule has 0 heterocycles. The van der Waals surface area contributed by atoms with Crippen molar-refractivity contribution < 1.29 is 47.2 Å². The van der Waals surface area contributed by atoms with Crippen molar-refractivity contribution in [3.05, 3.63) is 72.9 Å². The summed E-state index contributed by atoms with van der Waals surface area (Å²) in [7, 11) is 1.09. The van der Waals surface area contributed by atoms with Gasteiger partial charge < -0.3 is 33.0 Å². The maximum Gasteiger partial charge on any atom is 0.306 e. The van der Waals surface area contributed by atoms with Crippen molar-refractivity contribution in [3.63, 3.8) is 0 Å². The van der Waals surface area contributed by atoms with Crippen molar-refractivity contribution in [2.24, 2.45) is 0 Å². The van der Waals surface area contributed by atoms with E-state index >= 15 is 0 Å². The summed E-state index contributed by atoms with van der Waals surface area (Å²) in [6.45, 7) is 3.78. The zero-order valence-corrected chi connectivity index (χ0v) is 37.3. The molecule has 1 N–H and O–H groups in total. The fraction of sp³-hybridized carbons (Fsp3) is 0.696. The zero-order valence-electron chi connectivity index (χ0n) is 36.4. The molecule has 11 heteroatoms. The van der Waals surface area contributed by atoms with E-state index in [1.165, 1.54) is 51.4 Å². The van der Waals surface area contributed by atoms with Crippen LogP contribution in [0.2, 0.25) is 0 Å². The van der Waals surface area contributed by atoms with Crippen LogP contribution in [-0.4, -0.2) is 81.2 Å². The van der Waals surface area contributed by atoms with Gasteiger partial charge in [0.2, 0.25) is 0 Å². The first-order valence-corrected chi connectivity index (χ1v) is 23.2. The van der Waals surface area contributed by atoms with Crippen LogP contribution in [0.1, 0.15) is 149 Å². The minimum Gasteiger partial charge on any atom is -0.756 e. The van der Waals surface area contributed by atoms with Crippen molar-refractivity contribution in [3.8, 4) is 0 Å². The second-order valence-corrected chi connectivity index (χ2v) is 16.9. The molecule has 0 saturated carbocycles. The van der Waals surface area contributed by atoms with E-state index < -0.39 is 32.5 Å². The minimum atomic E-state index is -4.65. The lowest BCUT2D eigenvalue weighted by molar-refractivity contribution is -0.870. The number of nitrogens with zero attached hydrogens (tertiary/aromatic N) is 1. The predicted molar refractivity (Wildman–Crippen MR) is 232 cm³/mol. The normalized spacial score (nSPS) is 14.9. The molecule has 10 nitrogen and oxygen atoms in total. The van der Waals surface area contributed by atoms with Crippen LogP contribution in [0.25, 0.3) is 0 Å². The first-order chi connectivity index (χ1) is 27.4. The third-order valence-corrected chi connectivity index (χ3v) is 9.83. The highest BCUT2D eigenvalue weighted by atomic mass is 31.2. The van der Waals surface area contributed by atoms with Crippen LogP contribution < -0.4 is 4.89 Å². The van der Waals surface area contributed by atoms with Gasteiger partial charge in [-0.2, -0.15) is 0 Å². The lowest BCUT2D eigenvalue weighted by Crippen LogP contribution is -2.37. The Balaban J connectivity index is 4.51. The highest BCUT2D eigenvalue weighted by Crippen LogP contribution is 2.38. The Hall–Kier alpha value is -2.59. The van der Waals surface area contributed by atoms with E-state index in [9.17, 15) is 24.2 Å². The van der Waals surface area contributed by atoms with Gasteiger partial charge in [-0.25, -0.2) is 0 Å². The molecular formula is C46H80NO9P. The molecular weight excluding hydrogens is 741 g/mol. The topological polar surface area (TPSA) is 131 Å². The molecule has 0 aliphatic rings. The summed E-state index contributed by atoms with van der Waals surface area (Å²) in [4.78, 5) is 37.5. The van der Waals surface area contributed by atoms with Crippen molar-refractivity contribution in [1.29, 1.82) is 0 Å². The summed E-state index contributed by atoms with van der Waals surface area (Å²) in [5.74, 6) is -0.934. The van der Waals surface area contributed by atoms with Gasteiger partial charge in [0, 0.05) is 12.8 Å². The summed E-state index contributed by atoms with van der Waals surface area (Å²) in [5.41, 5.74) is 0. The number of allylic oxidation sites excluding steroid dienone is 11. The van der Waals surface area contributed by atoms with Gasteiger partial charge in [0.15, 0.2) is 6.10 Å². The van der Waals surface area contributed by atoms with Gasteiger partial charge in [0.05, 0.1) is 33.9 Å². The molecule has 0 aliphatic carbocycles. The third kappa shape index (κ3) is 41.4. The average molecular weight is 822 g/mol. The van der Waals surface area contributed by atoms with Crippen molar-refractivity contribution in [2.45, 2.75) is 161 Å². The molecule has 1 unspecified atom stereocenters. The van der Waals surface area contributed by atoms with Crippen molar-refractivity contribution >= 4 is 19.8 Å². The second kappa shape index (κ2) is 37.7. The quantitative estimate of drug-likeness (QED) is 0.0161. The van der Waals surface area contributed by atoms with Gasteiger partial charge in [-0.15, -0.1) is 0 Å². The fourth-order valence-electron chi connectivity index (χ4n) is 5.28. The Bertz CT molecular complexity index is 1220. The van der Waals surface area contributed by atoms with E-state index in [0.717, 1.165) is 44.9 Å². The molecule has 0 aromatic rings. The maximum absolute atomic E-state index is 12.6. The van der Waals surface area contributed by atoms with Crippen LogP contribution in [0.15, 0.2) is 72.9 Å². The first kappa shape index (κ1) is 54.4. The average Bonchev–Trinajstić information content (AvgIpc) is 3.16. The Morgan fingerprint density at radius 1 is 0.649 bits per heavy atom. The first-order valence-electron chi connectivity index (χ1n) is 21.8. The Kier molecular flexibility index (Phi) is 36.0. The number of unbranched alkanes of at least 4 members (excludes halogenated alkanes) is 12. The molecule has 0 amide bonds. The van der Waals surface area contributed by atoms with Crippen LogP contribution >= 0.6 is 7.82 Å². The number of aliphatic hydroxyl groups excluding tert-OH is 1. The number of hydrogen-bond acceptors (Lipinski definition) is 9. The number of ether oxygens (including phenoxy) is 2. The van der Waals surface area contributed by atoms with Gasteiger partial charge in [-0.1, -0.05) is 138 Å². The highest BCUT2D eigenvalue weighted by Gasteiger charge is 2.21. The lowest BCUT2D eigenvalue weighted by atomic mass is 10.1. The number of esters is 2. The molecule has 3 atom stereocenters. The molecule has 0 saturated heterocycles. The van der Waals surface area contributed by atoms with Gasteiger partial charge in [0.1, 0.15) is 19.8 Å². The summed E-state index contributed by atoms with van der Waals surface area (Å²) in [5, 5.41) is 9.48. The molecule has 328 valence electrons. The minimum absolute atomic E-state index is 0.0521. The molecule has 0 fully saturated rings. The Morgan fingerprint density at radius 3 is 1.79 bits per heavy atom. The van der Waals surface area contributed by atoms with E-state index in [1.807, 2.05) is 58.4 Å². The number of phosphoric acid groups is 1. The number of carbonyl (C=O) groups is 2. The van der Waals surface area contributed by atoms with Crippen molar-refractivity contribution in [1.82, 2.24) is 0 Å². The number of quaternary nitrogens is 1. The van der Waals surface area contributed by atoms with E-state index in [-0.39, 0.29) is 32.2 Å². The number of rotatable bonds is 38.